The zero-order chi connectivity index (χ0) is 12.3. The maximum Gasteiger partial charge on any atom is 0.337 e. The van der Waals surface area contributed by atoms with Crippen LogP contribution >= 0.6 is 0 Å². The van der Waals surface area contributed by atoms with E-state index < -0.39 is 5.97 Å². The summed E-state index contributed by atoms with van der Waals surface area (Å²) in [5.41, 5.74) is 2.24. The van der Waals surface area contributed by atoms with Crippen molar-refractivity contribution >= 4 is 11.8 Å². The molecule has 1 aromatic rings. The summed E-state index contributed by atoms with van der Waals surface area (Å²) in [5, 5.41) is 0. The molecule has 16 heavy (non-hydrogen) atoms. The topological polar surface area (TPSA) is 43.4 Å². The average Bonchev–Trinajstić information content (AvgIpc) is 2.26. The van der Waals surface area contributed by atoms with Crippen LogP contribution in [0.3, 0.4) is 0 Å². The molecule has 0 aromatic heterocycles. The number of allylic oxidation sites excluding steroid dienone is 1. The van der Waals surface area contributed by atoms with Crippen LogP contribution in [0, 0.1) is 6.92 Å². The van der Waals surface area contributed by atoms with E-state index in [1.54, 1.807) is 32.0 Å². The van der Waals surface area contributed by atoms with E-state index in [0.717, 1.165) is 5.56 Å². The lowest BCUT2D eigenvalue weighted by Crippen LogP contribution is -2.06. The molecule has 0 aliphatic rings. The molecule has 0 radical (unpaired) electrons. The van der Waals surface area contributed by atoms with Crippen LogP contribution in [0.1, 0.15) is 33.2 Å². The van der Waals surface area contributed by atoms with Crippen LogP contribution in [-0.4, -0.2) is 18.9 Å². The fourth-order valence-corrected chi connectivity index (χ4v) is 1.39. The van der Waals surface area contributed by atoms with Crippen LogP contribution in [0.15, 0.2) is 30.4 Å². The van der Waals surface area contributed by atoms with Crippen LogP contribution in [0.25, 0.3) is 0 Å². The lowest BCUT2D eigenvalue weighted by Gasteiger charge is -2.06. The Morgan fingerprint density at radius 3 is 2.38 bits per heavy atom. The van der Waals surface area contributed by atoms with Gasteiger partial charge >= 0.3 is 5.97 Å². The summed E-state index contributed by atoms with van der Waals surface area (Å²) in [6, 6.07) is 4.84. The van der Waals surface area contributed by atoms with Gasteiger partial charge in [-0.25, -0.2) is 4.79 Å². The van der Waals surface area contributed by atoms with Gasteiger partial charge in [-0.3, -0.25) is 4.79 Å². The summed E-state index contributed by atoms with van der Waals surface area (Å²) in [6.07, 6.45) is 0. The van der Waals surface area contributed by atoms with Crippen LogP contribution in [0.4, 0.5) is 0 Å². The van der Waals surface area contributed by atoms with E-state index in [1.165, 1.54) is 7.11 Å². The molecular weight excluding hydrogens is 204 g/mol. The summed E-state index contributed by atoms with van der Waals surface area (Å²) in [6.45, 7) is 7.05. The summed E-state index contributed by atoms with van der Waals surface area (Å²) < 4.78 is 4.60. The zero-order valence-electron chi connectivity index (χ0n) is 9.66. The Hall–Kier alpha value is -1.90. The number of aryl methyl sites for hydroxylation is 1. The molecule has 0 aliphatic carbocycles. The van der Waals surface area contributed by atoms with Gasteiger partial charge in [-0.2, -0.15) is 0 Å². The highest BCUT2D eigenvalue weighted by Gasteiger charge is 2.12. The minimum Gasteiger partial charge on any atom is -0.465 e. The van der Waals surface area contributed by atoms with Crippen molar-refractivity contribution in [2.24, 2.45) is 0 Å². The predicted octanol–water partition coefficient (Wildman–Crippen LogP) is 2.54. The van der Waals surface area contributed by atoms with Crippen molar-refractivity contribution in [3.63, 3.8) is 0 Å². The number of hydrogen-bond donors (Lipinski definition) is 0. The lowest BCUT2D eigenvalue weighted by atomic mass is 9.99. The molecule has 0 saturated heterocycles. The molecule has 0 bridgehead atoms. The van der Waals surface area contributed by atoms with Crippen molar-refractivity contribution in [2.45, 2.75) is 13.8 Å². The number of hydrogen-bond acceptors (Lipinski definition) is 3. The maximum absolute atomic E-state index is 11.7. The van der Waals surface area contributed by atoms with Crippen molar-refractivity contribution in [1.82, 2.24) is 0 Å². The number of benzene rings is 1. The van der Waals surface area contributed by atoms with Gasteiger partial charge in [0, 0.05) is 5.56 Å². The van der Waals surface area contributed by atoms with E-state index in [4.69, 9.17) is 0 Å². The molecule has 0 atom stereocenters. The molecule has 3 nitrogen and oxygen atoms in total. The van der Waals surface area contributed by atoms with Gasteiger partial charge in [0.1, 0.15) is 0 Å². The second kappa shape index (κ2) is 4.75. The van der Waals surface area contributed by atoms with Crippen molar-refractivity contribution < 1.29 is 14.3 Å². The van der Waals surface area contributed by atoms with Gasteiger partial charge in [0.2, 0.25) is 0 Å². The minimum absolute atomic E-state index is 0.103. The Morgan fingerprint density at radius 1 is 1.31 bits per heavy atom. The van der Waals surface area contributed by atoms with Crippen molar-refractivity contribution in [3.8, 4) is 0 Å². The molecular formula is C13H14O3. The van der Waals surface area contributed by atoms with Gasteiger partial charge < -0.3 is 4.74 Å². The lowest BCUT2D eigenvalue weighted by molar-refractivity contribution is 0.0600. The predicted molar refractivity (Wildman–Crippen MR) is 61.7 cm³/mol. The van der Waals surface area contributed by atoms with Gasteiger partial charge in [-0.15, -0.1) is 0 Å². The zero-order valence-corrected chi connectivity index (χ0v) is 9.66. The highest BCUT2D eigenvalue weighted by atomic mass is 16.5. The average molecular weight is 218 g/mol. The first-order chi connectivity index (χ1) is 7.47. The molecule has 0 fully saturated rings. The van der Waals surface area contributed by atoms with E-state index in [2.05, 4.69) is 11.3 Å². The first-order valence-electron chi connectivity index (χ1n) is 4.86. The van der Waals surface area contributed by atoms with Gasteiger partial charge in [-0.05, 0) is 43.2 Å². The Bertz CT molecular complexity index is 458. The summed E-state index contributed by atoms with van der Waals surface area (Å²) in [7, 11) is 1.32. The SMILES string of the molecule is C=C(C)C(=O)c1ccc(C(=O)OC)cc1C. The molecule has 0 spiro atoms. The highest BCUT2D eigenvalue weighted by molar-refractivity contribution is 6.09. The van der Waals surface area contributed by atoms with Crippen LogP contribution < -0.4 is 0 Å². The van der Waals surface area contributed by atoms with Gasteiger partial charge in [0.25, 0.3) is 0 Å². The fraction of sp³-hybridized carbons (Fsp3) is 0.231. The van der Waals surface area contributed by atoms with Crippen LogP contribution in [-0.2, 0) is 4.74 Å². The molecule has 0 heterocycles. The normalized spacial score (nSPS) is 9.69. The van der Waals surface area contributed by atoms with Gasteiger partial charge in [0.05, 0.1) is 12.7 Å². The molecule has 0 unspecified atom stereocenters. The molecule has 0 amide bonds. The van der Waals surface area contributed by atoms with Gasteiger partial charge in [-0.1, -0.05) is 6.58 Å². The quantitative estimate of drug-likeness (QED) is 0.445. The summed E-state index contributed by atoms with van der Waals surface area (Å²) in [5.74, 6) is -0.508. The third-order valence-electron chi connectivity index (χ3n) is 2.28. The number of rotatable bonds is 3. The number of carbonyl (C=O) groups is 2. The Morgan fingerprint density at radius 2 is 1.94 bits per heavy atom. The van der Waals surface area contributed by atoms with Crippen LogP contribution in [0.2, 0.25) is 0 Å². The number of carbonyl (C=O) groups excluding carboxylic acids is 2. The third kappa shape index (κ3) is 2.37. The van der Waals surface area contributed by atoms with Crippen molar-refractivity contribution in [2.75, 3.05) is 7.11 Å². The summed E-state index contributed by atoms with van der Waals surface area (Å²) in [4.78, 5) is 23.0. The highest BCUT2D eigenvalue weighted by Crippen LogP contribution is 2.15. The van der Waals surface area contributed by atoms with E-state index in [9.17, 15) is 9.59 Å². The Balaban J connectivity index is 3.14. The third-order valence-corrected chi connectivity index (χ3v) is 2.28. The monoisotopic (exact) mass is 218 g/mol. The first kappa shape index (κ1) is 12.2. The standard InChI is InChI=1S/C13H14O3/c1-8(2)12(14)11-6-5-10(7-9(11)3)13(15)16-4/h5-7H,1H2,2-4H3. The van der Waals surface area contributed by atoms with Crippen molar-refractivity contribution in [3.05, 3.63) is 47.0 Å². The largest absolute Gasteiger partial charge is 0.465 e. The Kier molecular flexibility index (Phi) is 3.61. The van der Waals surface area contributed by atoms with Crippen LogP contribution in [0.5, 0.6) is 0 Å². The van der Waals surface area contributed by atoms with E-state index in [1.807, 2.05) is 0 Å². The second-order valence-electron chi connectivity index (χ2n) is 3.63. The fourth-order valence-electron chi connectivity index (χ4n) is 1.39. The molecule has 0 aliphatic heterocycles. The maximum atomic E-state index is 11.7. The number of Topliss-reactive ketones (excluding diaryl/α,β-unsaturated/α-hetero) is 1. The molecule has 0 N–H and O–H groups in total. The van der Waals surface area contributed by atoms with Crippen molar-refractivity contribution in [1.29, 1.82) is 0 Å². The smallest absolute Gasteiger partial charge is 0.337 e. The molecule has 3 heteroatoms. The minimum atomic E-state index is -0.405. The molecule has 84 valence electrons. The number of ether oxygens (including phenoxy) is 1. The first-order valence-corrected chi connectivity index (χ1v) is 4.86. The number of esters is 1. The summed E-state index contributed by atoms with van der Waals surface area (Å²) >= 11 is 0. The van der Waals surface area contributed by atoms with E-state index in [-0.39, 0.29) is 5.78 Å². The molecule has 1 aromatic carbocycles. The van der Waals surface area contributed by atoms with E-state index >= 15 is 0 Å². The number of ketones is 1. The van der Waals surface area contributed by atoms with Gasteiger partial charge in [0.15, 0.2) is 5.78 Å². The molecule has 0 saturated carbocycles. The Labute approximate surface area is 94.7 Å². The second-order valence-corrected chi connectivity index (χ2v) is 3.63. The number of methoxy groups -OCH3 is 1. The molecule has 1 rings (SSSR count). The van der Waals surface area contributed by atoms with E-state index in [0.29, 0.717) is 16.7 Å².